The van der Waals surface area contributed by atoms with E-state index in [0.717, 1.165) is 5.56 Å². The summed E-state index contributed by atoms with van der Waals surface area (Å²) in [6.07, 6.45) is 0. The number of aromatic hydroxyl groups is 1. The normalized spacial score (nSPS) is 7.90. The molecule has 0 bridgehead atoms. The lowest BCUT2D eigenvalue weighted by molar-refractivity contribution is 0.475. The molecule has 1 aromatic carbocycles. The zero-order valence-electron chi connectivity index (χ0n) is 6.33. The van der Waals surface area contributed by atoms with Crippen LogP contribution in [0.5, 0.6) is 5.75 Å². The molecule has 0 heterocycles. The van der Waals surface area contributed by atoms with E-state index in [4.69, 9.17) is 5.11 Å². The molecule has 0 unspecified atom stereocenters. The van der Waals surface area contributed by atoms with E-state index >= 15 is 0 Å². The SMILES string of the molecule is CN.Cc1cccc(O)c1. The van der Waals surface area contributed by atoms with Crippen molar-refractivity contribution in [3.05, 3.63) is 29.8 Å². The number of benzene rings is 1. The highest BCUT2D eigenvalue weighted by molar-refractivity contribution is 5.25. The summed E-state index contributed by atoms with van der Waals surface area (Å²) in [5, 5.41) is 8.81. The van der Waals surface area contributed by atoms with Crippen LogP contribution in [0.4, 0.5) is 0 Å². The molecule has 1 aromatic rings. The first-order valence-corrected chi connectivity index (χ1v) is 3.12. The molecule has 2 heteroatoms. The van der Waals surface area contributed by atoms with Crippen LogP contribution in [0.15, 0.2) is 24.3 Å². The quantitative estimate of drug-likeness (QED) is 0.568. The van der Waals surface area contributed by atoms with Crippen molar-refractivity contribution in [1.29, 1.82) is 0 Å². The smallest absolute Gasteiger partial charge is 0.115 e. The molecule has 0 saturated heterocycles. The van der Waals surface area contributed by atoms with Crippen molar-refractivity contribution < 1.29 is 5.11 Å². The summed E-state index contributed by atoms with van der Waals surface area (Å²) in [6, 6.07) is 7.15. The number of nitrogens with two attached hydrogens (primary N) is 1. The van der Waals surface area contributed by atoms with Crippen LogP contribution in [0.25, 0.3) is 0 Å². The fourth-order valence-corrected chi connectivity index (χ4v) is 0.628. The third-order valence-corrected chi connectivity index (χ3v) is 1.00. The average molecular weight is 139 g/mol. The molecular weight excluding hydrogens is 126 g/mol. The Bertz CT molecular complexity index is 169. The second-order valence-electron chi connectivity index (χ2n) is 1.84. The van der Waals surface area contributed by atoms with Crippen LogP contribution < -0.4 is 5.73 Å². The fourth-order valence-electron chi connectivity index (χ4n) is 0.628. The molecule has 1 rings (SSSR count). The number of hydrogen-bond donors (Lipinski definition) is 2. The van der Waals surface area contributed by atoms with E-state index in [-0.39, 0.29) is 0 Å². The van der Waals surface area contributed by atoms with E-state index < -0.39 is 0 Å². The Hall–Kier alpha value is -1.02. The molecule has 0 saturated carbocycles. The van der Waals surface area contributed by atoms with Crippen LogP contribution >= 0.6 is 0 Å². The van der Waals surface area contributed by atoms with Gasteiger partial charge in [0.25, 0.3) is 0 Å². The van der Waals surface area contributed by atoms with Gasteiger partial charge in [0, 0.05) is 0 Å². The third-order valence-electron chi connectivity index (χ3n) is 1.00. The van der Waals surface area contributed by atoms with Gasteiger partial charge >= 0.3 is 0 Å². The number of hydrogen-bond acceptors (Lipinski definition) is 2. The summed E-state index contributed by atoms with van der Waals surface area (Å²) in [5.74, 6) is 0.338. The Balaban J connectivity index is 0.000000371. The third kappa shape index (κ3) is 3.10. The van der Waals surface area contributed by atoms with Gasteiger partial charge in [0.1, 0.15) is 5.75 Å². The van der Waals surface area contributed by atoms with Gasteiger partial charge in [-0.3, -0.25) is 0 Å². The summed E-state index contributed by atoms with van der Waals surface area (Å²) < 4.78 is 0. The van der Waals surface area contributed by atoms with Gasteiger partial charge < -0.3 is 10.8 Å². The van der Waals surface area contributed by atoms with E-state index in [0.29, 0.717) is 5.75 Å². The predicted octanol–water partition coefficient (Wildman–Crippen LogP) is 1.28. The van der Waals surface area contributed by atoms with Gasteiger partial charge in [-0.15, -0.1) is 0 Å². The van der Waals surface area contributed by atoms with E-state index in [2.05, 4.69) is 5.73 Å². The van der Waals surface area contributed by atoms with Crippen molar-refractivity contribution in [3.63, 3.8) is 0 Å². The first-order chi connectivity index (χ1) is 4.79. The van der Waals surface area contributed by atoms with E-state index in [1.54, 1.807) is 12.1 Å². The summed E-state index contributed by atoms with van der Waals surface area (Å²) >= 11 is 0. The fraction of sp³-hybridized carbons (Fsp3) is 0.250. The molecule has 0 aliphatic carbocycles. The maximum absolute atomic E-state index is 8.81. The second-order valence-corrected chi connectivity index (χ2v) is 1.84. The van der Waals surface area contributed by atoms with E-state index in [1.807, 2.05) is 19.1 Å². The molecular formula is C8H13NO. The molecule has 0 aliphatic heterocycles. The Morgan fingerprint density at radius 3 is 2.20 bits per heavy atom. The summed E-state index contributed by atoms with van der Waals surface area (Å²) in [5.41, 5.74) is 5.59. The van der Waals surface area contributed by atoms with Crippen molar-refractivity contribution in [2.75, 3.05) is 7.05 Å². The van der Waals surface area contributed by atoms with E-state index in [9.17, 15) is 0 Å². The van der Waals surface area contributed by atoms with Crippen molar-refractivity contribution >= 4 is 0 Å². The largest absolute Gasteiger partial charge is 0.508 e. The molecule has 0 atom stereocenters. The van der Waals surface area contributed by atoms with Gasteiger partial charge in [0.2, 0.25) is 0 Å². The minimum atomic E-state index is 0.338. The highest BCUT2D eigenvalue weighted by atomic mass is 16.3. The molecule has 56 valence electrons. The van der Waals surface area contributed by atoms with E-state index in [1.165, 1.54) is 7.05 Å². The van der Waals surface area contributed by atoms with Crippen LogP contribution in [0.3, 0.4) is 0 Å². The van der Waals surface area contributed by atoms with Gasteiger partial charge in [-0.1, -0.05) is 12.1 Å². The minimum Gasteiger partial charge on any atom is -0.508 e. The Kier molecular flexibility index (Phi) is 4.33. The Labute approximate surface area is 61.3 Å². The predicted molar refractivity (Wildman–Crippen MR) is 43.0 cm³/mol. The molecule has 0 amide bonds. The second kappa shape index (κ2) is 4.82. The zero-order chi connectivity index (χ0) is 7.98. The van der Waals surface area contributed by atoms with Gasteiger partial charge in [-0.25, -0.2) is 0 Å². The maximum atomic E-state index is 8.81. The number of phenols is 1. The first kappa shape index (κ1) is 8.98. The first-order valence-electron chi connectivity index (χ1n) is 3.12. The van der Waals surface area contributed by atoms with Crippen LogP contribution in [-0.2, 0) is 0 Å². The van der Waals surface area contributed by atoms with Gasteiger partial charge in [0.15, 0.2) is 0 Å². The molecule has 0 fully saturated rings. The lowest BCUT2D eigenvalue weighted by Crippen LogP contribution is -1.69. The number of rotatable bonds is 0. The molecule has 0 aliphatic rings. The molecule has 0 radical (unpaired) electrons. The maximum Gasteiger partial charge on any atom is 0.115 e. The Morgan fingerprint density at radius 2 is 1.90 bits per heavy atom. The zero-order valence-corrected chi connectivity index (χ0v) is 6.33. The lowest BCUT2D eigenvalue weighted by Gasteiger charge is -1.89. The molecule has 0 aromatic heterocycles. The van der Waals surface area contributed by atoms with Gasteiger partial charge in [-0.05, 0) is 31.7 Å². The molecule has 2 nitrogen and oxygen atoms in total. The molecule has 10 heavy (non-hydrogen) atoms. The van der Waals surface area contributed by atoms with Crippen LogP contribution in [0.2, 0.25) is 0 Å². The van der Waals surface area contributed by atoms with Crippen molar-refractivity contribution in [1.82, 2.24) is 0 Å². The lowest BCUT2D eigenvalue weighted by atomic mass is 10.2. The van der Waals surface area contributed by atoms with Crippen molar-refractivity contribution in [2.45, 2.75) is 6.92 Å². The topological polar surface area (TPSA) is 46.2 Å². The van der Waals surface area contributed by atoms with Gasteiger partial charge in [-0.2, -0.15) is 0 Å². The number of phenolic OH excluding ortho intramolecular Hbond substituents is 1. The van der Waals surface area contributed by atoms with Crippen molar-refractivity contribution in [2.24, 2.45) is 5.73 Å². The average Bonchev–Trinajstić information content (AvgIpc) is 1.91. The van der Waals surface area contributed by atoms with Crippen LogP contribution in [0.1, 0.15) is 5.56 Å². The van der Waals surface area contributed by atoms with Crippen LogP contribution in [0, 0.1) is 6.92 Å². The highest BCUT2D eigenvalue weighted by Crippen LogP contribution is 2.08. The summed E-state index contributed by atoms with van der Waals surface area (Å²) in [7, 11) is 1.50. The van der Waals surface area contributed by atoms with Crippen molar-refractivity contribution in [3.8, 4) is 5.75 Å². The Morgan fingerprint density at radius 1 is 1.30 bits per heavy atom. The summed E-state index contributed by atoms with van der Waals surface area (Å²) in [6.45, 7) is 1.94. The minimum absolute atomic E-state index is 0.338. The number of aryl methyl sites for hydroxylation is 1. The standard InChI is InChI=1S/C7H8O.CH5N/c1-6-3-2-4-7(8)5-6;1-2/h2-5,8H,1H3;2H2,1H3. The molecule has 3 N–H and O–H groups in total. The van der Waals surface area contributed by atoms with Crippen LogP contribution in [-0.4, -0.2) is 12.2 Å². The monoisotopic (exact) mass is 139 g/mol. The van der Waals surface area contributed by atoms with Gasteiger partial charge in [0.05, 0.1) is 0 Å². The summed E-state index contributed by atoms with van der Waals surface area (Å²) in [4.78, 5) is 0. The molecule has 0 spiro atoms. The highest BCUT2D eigenvalue weighted by Gasteiger charge is 1.83.